The number of amides is 1. The van der Waals surface area contributed by atoms with E-state index in [9.17, 15) is 4.79 Å². The second kappa shape index (κ2) is 4.85. The predicted molar refractivity (Wildman–Crippen MR) is 78.2 cm³/mol. The molecular formula is C14H10BrN3O. The molecule has 1 amide bonds. The molecule has 5 heteroatoms. The number of hydrogen-bond donors (Lipinski definition) is 2. The zero-order valence-electron chi connectivity index (χ0n) is 9.85. The standard InChI is InChI=1S/C14H10BrN3O/c15-9-3-1-4-10(7-9)17-14(19)13-8-12-11(18-13)5-2-6-16-12/h1-8,18H,(H,17,19). The lowest BCUT2D eigenvalue weighted by Crippen LogP contribution is -2.12. The molecule has 2 N–H and O–H groups in total. The number of nitrogens with zero attached hydrogens (tertiary/aromatic N) is 1. The third-order valence-corrected chi connectivity index (χ3v) is 3.21. The Bertz CT molecular complexity index is 718. The molecule has 0 fully saturated rings. The molecule has 0 aliphatic carbocycles. The molecule has 2 heterocycles. The van der Waals surface area contributed by atoms with E-state index < -0.39 is 0 Å². The first-order chi connectivity index (χ1) is 9.22. The van der Waals surface area contributed by atoms with Gasteiger partial charge in [0.2, 0.25) is 0 Å². The van der Waals surface area contributed by atoms with Crippen LogP contribution >= 0.6 is 15.9 Å². The number of hydrogen-bond acceptors (Lipinski definition) is 2. The van der Waals surface area contributed by atoms with Crippen molar-refractivity contribution in [3.05, 3.63) is 58.8 Å². The third kappa shape index (κ3) is 2.51. The topological polar surface area (TPSA) is 57.8 Å². The molecular weight excluding hydrogens is 306 g/mol. The number of pyridine rings is 1. The SMILES string of the molecule is O=C(Nc1cccc(Br)c1)c1cc2ncccc2[nH]1. The number of rotatable bonds is 2. The number of carbonyl (C=O) groups is 1. The first-order valence-electron chi connectivity index (χ1n) is 5.73. The number of aromatic nitrogens is 2. The Morgan fingerprint density at radius 3 is 2.89 bits per heavy atom. The molecule has 0 aliphatic rings. The summed E-state index contributed by atoms with van der Waals surface area (Å²) in [5.74, 6) is -0.184. The van der Waals surface area contributed by atoms with Gasteiger partial charge < -0.3 is 10.3 Å². The summed E-state index contributed by atoms with van der Waals surface area (Å²) in [4.78, 5) is 19.3. The fourth-order valence-corrected chi connectivity index (χ4v) is 2.24. The van der Waals surface area contributed by atoms with Crippen molar-refractivity contribution in [2.75, 3.05) is 5.32 Å². The minimum absolute atomic E-state index is 0.184. The molecule has 0 radical (unpaired) electrons. The molecule has 3 aromatic rings. The maximum Gasteiger partial charge on any atom is 0.272 e. The first kappa shape index (κ1) is 11.9. The second-order valence-electron chi connectivity index (χ2n) is 4.08. The van der Waals surface area contributed by atoms with Gasteiger partial charge in [0.1, 0.15) is 5.69 Å². The summed E-state index contributed by atoms with van der Waals surface area (Å²) in [6, 6.07) is 12.9. The van der Waals surface area contributed by atoms with Crippen LogP contribution in [0, 0.1) is 0 Å². The van der Waals surface area contributed by atoms with Crippen LogP contribution in [0.1, 0.15) is 10.5 Å². The van der Waals surface area contributed by atoms with Gasteiger partial charge in [-0.05, 0) is 36.4 Å². The number of fused-ring (bicyclic) bond motifs is 1. The maximum atomic E-state index is 12.1. The summed E-state index contributed by atoms with van der Waals surface area (Å²) >= 11 is 3.37. The number of aromatic amines is 1. The van der Waals surface area contributed by atoms with Crippen LogP contribution < -0.4 is 5.32 Å². The van der Waals surface area contributed by atoms with Gasteiger partial charge in [-0.15, -0.1) is 0 Å². The van der Waals surface area contributed by atoms with E-state index in [0.29, 0.717) is 5.69 Å². The van der Waals surface area contributed by atoms with Gasteiger partial charge in [0, 0.05) is 16.4 Å². The average molecular weight is 316 g/mol. The lowest BCUT2D eigenvalue weighted by Gasteiger charge is -2.03. The molecule has 94 valence electrons. The van der Waals surface area contributed by atoms with E-state index in [4.69, 9.17) is 0 Å². The van der Waals surface area contributed by atoms with E-state index in [1.54, 1.807) is 12.3 Å². The maximum absolute atomic E-state index is 12.1. The van der Waals surface area contributed by atoms with Crippen molar-refractivity contribution in [2.45, 2.75) is 0 Å². The van der Waals surface area contributed by atoms with Gasteiger partial charge in [-0.3, -0.25) is 9.78 Å². The smallest absolute Gasteiger partial charge is 0.272 e. The fourth-order valence-electron chi connectivity index (χ4n) is 1.84. The molecule has 1 aromatic carbocycles. The van der Waals surface area contributed by atoms with Crippen LogP contribution in [0.4, 0.5) is 5.69 Å². The van der Waals surface area contributed by atoms with Crippen LogP contribution in [0.15, 0.2) is 53.1 Å². The Balaban J connectivity index is 1.87. The number of anilines is 1. The summed E-state index contributed by atoms with van der Waals surface area (Å²) in [6.07, 6.45) is 1.70. The number of nitrogens with one attached hydrogen (secondary N) is 2. The van der Waals surface area contributed by atoms with Crippen molar-refractivity contribution in [2.24, 2.45) is 0 Å². The first-order valence-corrected chi connectivity index (χ1v) is 6.52. The van der Waals surface area contributed by atoms with Gasteiger partial charge in [0.05, 0.1) is 11.0 Å². The van der Waals surface area contributed by atoms with E-state index in [2.05, 4.69) is 31.2 Å². The highest BCUT2D eigenvalue weighted by atomic mass is 79.9. The molecule has 0 saturated carbocycles. The van der Waals surface area contributed by atoms with Gasteiger partial charge in [0.15, 0.2) is 0 Å². The van der Waals surface area contributed by atoms with E-state index in [1.165, 1.54) is 0 Å². The molecule has 0 atom stereocenters. The number of H-pyrrole nitrogens is 1. The van der Waals surface area contributed by atoms with Crippen LogP contribution in [0.5, 0.6) is 0 Å². The lowest BCUT2D eigenvalue weighted by molar-refractivity contribution is 0.102. The normalized spacial score (nSPS) is 10.6. The van der Waals surface area contributed by atoms with Crippen molar-refractivity contribution in [3.8, 4) is 0 Å². The predicted octanol–water partition coefficient (Wildman–Crippen LogP) is 3.58. The Morgan fingerprint density at radius 1 is 1.21 bits per heavy atom. The zero-order chi connectivity index (χ0) is 13.2. The highest BCUT2D eigenvalue weighted by Crippen LogP contribution is 2.17. The Labute approximate surface area is 118 Å². The summed E-state index contributed by atoms with van der Waals surface area (Å²) in [6.45, 7) is 0. The van der Waals surface area contributed by atoms with Crippen molar-refractivity contribution < 1.29 is 4.79 Å². The molecule has 3 rings (SSSR count). The summed E-state index contributed by atoms with van der Waals surface area (Å²) in [5.41, 5.74) is 2.86. The van der Waals surface area contributed by atoms with Gasteiger partial charge in [-0.1, -0.05) is 22.0 Å². The number of carbonyl (C=O) groups excluding carboxylic acids is 1. The van der Waals surface area contributed by atoms with E-state index in [-0.39, 0.29) is 5.91 Å². The lowest BCUT2D eigenvalue weighted by atomic mass is 10.3. The molecule has 0 unspecified atom stereocenters. The third-order valence-electron chi connectivity index (χ3n) is 2.72. The van der Waals surface area contributed by atoms with E-state index in [0.717, 1.165) is 21.2 Å². The van der Waals surface area contributed by atoms with Crippen LogP contribution in [-0.2, 0) is 0 Å². The van der Waals surface area contributed by atoms with Crippen LogP contribution in [0.25, 0.3) is 11.0 Å². The number of halogens is 1. The van der Waals surface area contributed by atoms with E-state index >= 15 is 0 Å². The van der Waals surface area contributed by atoms with Crippen molar-refractivity contribution in [3.63, 3.8) is 0 Å². The molecule has 0 spiro atoms. The Kier molecular flexibility index (Phi) is 3.05. The zero-order valence-corrected chi connectivity index (χ0v) is 11.4. The molecule has 19 heavy (non-hydrogen) atoms. The molecule has 0 saturated heterocycles. The minimum Gasteiger partial charge on any atom is -0.349 e. The quantitative estimate of drug-likeness (QED) is 0.759. The Morgan fingerprint density at radius 2 is 2.11 bits per heavy atom. The summed E-state index contributed by atoms with van der Waals surface area (Å²) in [5, 5.41) is 2.83. The van der Waals surface area contributed by atoms with Crippen LogP contribution in [0.2, 0.25) is 0 Å². The summed E-state index contributed by atoms with van der Waals surface area (Å²) in [7, 11) is 0. The highest BCUT2D eigenvalue weighted by Gasteiger charge is 2.10. The van der Waals surface area contributed by atoms with Crippen LogP contribution in [0.3, 0.4) is 0 Å². The van der Waals surface area contributed by atoms with Crippen molar-refractivity contribution >= 4 is 38.6 Å². The molecule has 0 aliphatic heterocycles. The minimum atomic E-state index is -0.184. The monoisotopic (exact) mass is 315 g/mol. The highest BCUT2D eigenvalue weighted by molar-refractivity contribution is 9.10. The van der Waals surface area contributed by atoms with Crippen molar-refractivity contribution in [1.29, 1.82) is 0 Å². The van der Waals surface area contributed by atoms with Gasteiger partial charge in [-0.25, -0.2) is 0 Å². The Hall–Kier alpha value is -2.14. The molecule has 2 aromatic heterocycles. The molecule has 0 bridgehead atoms. The van der Waals surface area contributed by atoms with Crippen molar-refractivity contribution in [1.82, 2.24) is 9.97 Å². The average Bonchev–Trinajstić information content (AvgIpc) is 2.82. The van der Waals surface area contributed by atoms with Gasteiger partial charge >= 0.3 is 0 Å². The van der Waals surface area contributed by atoms with Crippen LogP contribution in [-0.4, -0.2) is 15.9 Å². The largest absolute Gasteiger partial charge is 0.349 e. The van der Waals surface area contributed by atoms with E-state index in [1.807, 2.05) is 36.4 Å². The molecule has 4 nitrogen and oxygen atoms in total. The van der Waals surface area contributed by atoms with Gasteiger partial charge in [-0.2, -0.15) is 0 Å². The van der Waals surface area contributed by atoms with Gasteiger partial charge in [0.25, 0.3) is 5.91 Å². The second-order valence-corrected chi connectivity index (χ2v) is 5.00. The number of benzene rings is 1. The fraction of sp³-hybridized carbons (Fsp3) is 0. The summed E-state index contributed by atoms with van der Waals surface area (Å²) < 4.78 is 0.920.